The molecule has 1 aliphatic rings. The van der Waals surface area contributed by atoms with Crippen LogP contribution in [0.1, 0.15) is 40.2 Å². The number of hydrogen-bond acceptors (Lipinski definition) is 6. The number of amides is 2. The van der Waals surface area contributed by atoms with E-state index in [4.69, 9.17) is 14.0 Å². The third-order valence-electron chi connectivity index (χ3n) is 5.82. The van der Waals surface area contributed by atoms with Gasteiger partial charge in [0.15, 0.2) is 0 Å². The lowest BCUT2D eigenvalue weighted by Gasteiger charge is -2.24. The molecule has 1 atom stereocenters. The number of aryl methyl sites for hydroxylation is 2. The van der Waals surface area contributed by atoms with Crippen LogP contribution in [0.25, 0.3) is 0 Å². The molecule has 1 N–H and O–H groups in total. The quantitative estimate of drug-likeness (QED) is 0.583. The summed E-state index contributed by atoms with van der Waals surface area (Å²) in [4.78, 5) is 27.8. The SMILES string of the molecule is COc1ccc(NC(=O)C2CCCN2C(=O)c2cccc(OCc3c(C)noc3C)c2)cc1. The Morgan fingerprint density at radius 3 is 2.64 bits per heavy atom. The van der Waals surface area contributed by atoms with Crippen molar-refractivity contribution in [3.63, 3.8) is 0 Å². The number of benzene rings is 2. The minimum Gasteiger partial charge on any atom is -0.497 e. The van der Waals surface area contributed by atoms with Crippen LogP contribution < -0.4 is 14.8 Å². The van der Waals surface area contributed by atoms with Gasteiger partial charge < -0.3 is 24.2 Å². The van der Waals surface area contributed by atoms with Gasteiger partial charge in [-0.05, 0) is 69.2 Å². The molecule has 0 radical (unpaired) electrons. The summed E-state index contributed by atoms with van der Waals surface area (Å²) >= 11 is 0. The molecule has 1 fully saturated rings. The van der Waals surface area contributed by atoms with Crippen molar-refractivity contribution in [2.45, 2.75) is 39.3 Å². The topological polar surface area (TPSA) is 93.9 Å². The minimum atomic E-state index is -0.522. The van der Waals surface area contributed by atoms with Gasteiger partial charge in [-0.25, -0.2) is 0 Å². The summed E-state index contributed by atoms with van der Waals surface area (Å²) in [5.74, 6) is 1.60. The fourth-order valence-electron chi connectivity index (χ4n) is 3.93. The molecular weight excluding hydrogens is 422 g/mol. The molecule has 2 heterocycles. The molecule has 8 nitrogen and oxygen atoms in total. The van der Waals surface area contributed by atoms with E-state index < -0.39 is 6.04 Å². The zero-order valence-electron chi connectivity index (χ0n) is 19.0. The summed E-state index contributed by atoms with van der Waals surface area (Å²) in [6, 6.07) is 13.6. The maximum absolute atomic E-state index is 13.2. The number of ether oxygens (including phenoxy) is 2. The summed E-state index contributed by atoms with van der Waals surface area (Å²) in [5.41, 5.74) is 2.81. The number of carbonyl (C=O) groups excluding carboxylic acids is 2. The Morgan fingerprint density at radius 1 is 1.15 bits per heavy atom. The number of carbonyl (C=O) groups is 2. The molecule has 2 aromatic carbocycles. The van der Waals surface area contributed by atoms with Crippen molar-refractivity contribution >= 4 is 17.5 Å². The van der Waals surface area contributed by atoms with Crippen LogP contribution in [-0.2, 0) is 11.4 Å². The normalized spacial score (nSPS) is 15.4. The van der Waals surface area contributed by atoms with Gasteiger partial charge in [-0.1, -0.05) is 11.2 Å². The molecule has 1 aliphatic heterocycles. The standard InChI is InChI=1S/C25H27N3O5/c1-16-22(17(2)33-27-16)15-32-21-7-4-6-18(14-21)25(30)28-13-5-8-23(28)24(29)26-19-9-11-20(31-3)12-10-19/h4,6-7,9-12,14,23H,5,8,13,15H2,1-3H3,(H,26,29). The highest BCUT2D eigenvalue weighted by atomic mass is 16.5. The van der Waals surface area contributed by atoms with Crippen LogP contribution in [0.3, 0.4) is 0 Å². The number of anilines is 1. The molecule has 2 amide bonds. The van der Waals surface area contributed by atoms with E-state index in [2.05, 4.69) is 10.5 Å². The summed E-state index contributed by atoms with van der Waals surface area (Å²) < 4.78 is 16.2. The van der Waals surface area contributed by atoms with E-state index in [0.29, 0.717) is 48.1 Å². The number of likely N-dealkylation sites (tertiary alicyclic amines) is 1. The van der Waals surface area contributed by atoms with Crippen LogP contribution in [-0.4, -0.2) is 41.6 Å². The molecule has 1 unspecified atom stereocenters. The zero-order chi connectivity index (χ0) is 23.4. The molecule has 0 saturated carbocycles. The average Bonchev–Trinajstić information content (AvgIpc) is 3.45. The van der Waals surface area contributed by atoms with Gasteiger partial charge in [0.2, 0.25) is 5.91 Å². The Labute approximate surface area is 192 Å². The molecule has 8 heteroatoms. The van der Waals surface area contributed by atoms with Crippen molar-refractivity contribution in [1.82, 2.24) is 10.1 Å². The average molecular weight is 450 g/mol. The fraction of sp³-hybridized carbons (Fsp3) is 0.320. The van der Waals surface area contributed by atoms with Gasteiger partial charge in [-0.2, -0.15) is 0 Å². The van der Waals surface area contributed by atoms with E-state index in [1.807, 2.05) is 13.8 Å². The lowest BCUT2D eigenvalue weighted by atomic mass is 10.1. The van der Waals surface area contributed by atoms with Crippen LogP contribution in [0, 0.1) is 13.8 Å². The Kier molecular flexibility index (Phi) is 6.63. The predicted molar refractivity (Wildman–Crippen MR) is 122 cm³/mol. The van der Waals surface area contributed by atoms with Gasteiger partial charge in [0, 0.05) is 17.8 Å². The molecule has 0 aliphatic carbocycles. The number of nitrogens with zero attached hydrogens (tertiary/aromatic N) is 2. The number of methoxy groups -OCH3 is 1. The fourth-order valence-corrected chi connectivity index (χ4v) is 3.93. The summed E-state index contributed by atoms with van der Waals surface area (Å²) in [6.45, 7) is 4.53. The second-order valence-electron chi connectivity index (χ2n) is 7.99. The molecule has 0 spiro atoms. The first-order valence-corrected chi connectivity index (χ1v) is 10.9. The molecule has 0 bridgehead atoms. The minimum absolute atomic E-state index is 0.190. The van der Waals surface area contributed by atoms with E-state index in [9.17, 15) is 9.59 Å². The van der Waals surface area contributed by atoms with Crippen molar-refractivity contribution in [1.29, 1.82) is 0 Å². The monoisotopic (exact) mass is 449 g/mol. The third-order valence-corrected chi connectivity index (χ3v) is 5.82. The van der Waals surface area contributed by atoms with Crippen molar-refractivity contribution in [2.24, 2.45) is 0 Å². The number of aromatic nitrogens is 1. The number of nitrogens with one attached hydrogen (secondary N) is 1. The Hall–Kier alpha value is -3.81. The van der Waals surface area contributed by atoms with Crippen molar-refractivity contribution in [2.75, 3.05) is 19.0 Å². The summed E-state index contributed by atoms with van der Waals surface area (Å²) in [5, 5.41) is 6.83. The van der Waals surface area contributed by atoms with Gasteiger partial charge in [0.05, 0.1) is 18.4 Å². The molecule has 1 aromatic heterocycles. The van der Waals surface area contributed by atoms with Crippen LogP contribution in [0.5, 0.6) is 11.5 Å². The number of rotatable bonds is 7. The smallest absolute Gasteiger partial charge is 0.254 e. The van der Waals surface area contributed by atoms with Crippen LogP contribution in [0.4, 0.5) is 5.69 Å². The predicted octanol–water partition coefficient (Wildman–Crippen LogP) is 4.12. The first-order valence-electron chi connectivity index (χ1n) is 10.9. The van der Waals surface area contributed by atoms with Crippen molar-refractivity contribution in [3.8, 4) is 11.5 Å². The van der Waals surface area contributed by atoms with Gasteiger partial charge in [0.1, 0.15) is 29.9 Å². The molecule has 33 heavy (non-hydrogen) atoms. The van der Waals surface area contributed by atoms with Crippen LogP contribution >= 0.6 is 0 Å². The number of hydrogen-bond donors (Lipinski definition) is 1. The van der Waals surface area contributed by atoms with Gasteiger partial charge in [0.25, 0.3) is 5.91 Å². The molecule has 3 aromatic rings. The highest BCUT2D eigenvalue weighted by Gasteiger charge is 2.34. The Bertz CT molecular complexity index is 1120. The van der Waals surface area contributed by atoms with E-state index in [1.54, 1.807) is 60.5 Å². The summed E-state index contributed by atoms with van der Waals surface area (Å²) in [6.07, 6.45) is 1.39. The van der Waals surface area contributed by atoms with Crippen molar-refractivity contribution < 1.29 is 23.6 Å². The van der Waals surface area contributed by atoms with Gasteiger partial charge >= 0.3 is 0 Å². The van der Waals surface area contributed by atoms with E-state index in [-0.39, 0.29) is 11.8 Å². The van der Waals surface area contributed by atoms with E-state index in [1.165, 1.54) is 0 Å². The Morgan fingerprint density at radius 2 is 1.94 bits per heavy atom. The first-order chi connectivity index (χ1) is 16.0. The van der Waals surface area contributed by atoms with Gasteiger partial charge in [-0.15, -0.1) is 0 Å². The molecule has 1 saturated heterocycles. The summed E-state index contributed by atoms with van der Waals surface area (Å²) in [7, 11) is 1.59. The zero-order valence-corrected chi connectivity index (χ0v) is 19.0. The second kappa shape index (κ2) is 9.77. The van der Waals surface area contributed by atoms with E-state index >= 15 is 0 Å². The highest BCUT2D eigenvalue weighted by molar-refractivity contribution is 6.01. The third kappa shape index (κ3) is 5.00. The largest absolute Gasteiger partial charge is 0.497 e. The molecule has 172 valence electrons. The van der Waals surface area contributed by atoms with Crippen molar-refractivity contribution in [3.05, 3.63) is 71.1 Å². The molecular formula is C25H27N3O5. The first kappa shape index (κ1) is 22.4. The maximum Gasteiger partial charge on any atom is 0.254 e. The maximum atomic E-state index is 13.2. The van der Waals surface area contributed by atoms with Crippen LogP contribution in [0.15, 0.2) is 53.1 Å². The lowest BCUT2D eigenvalue weighted by molar-refractivity contribution is -0.119. The van der Waals surface area contributed by atoms with E-state index in [0.717, 1.165) is 17.7 Å². The Balaban J connectivity index is 1.43. The highest BCUT2D eigenvalue weighted by Crippen LogP contribution is 2.25. The van der Waals surface area contributed by atoms with Crippen LogP contribution in [0.2, 0.25) is 0 Å². The second-order valence-corrected chi connectivity index (χ2v) is 7.99. The molecule has 4 rings (SSSR count). The lowest BCUT2D eigenvalue weighted by Crippen LogP contribution is -2.43. The van der Waals surface area contributed by atoms with Gasteiger partial charge in [-0.3, -0.25) is 9.59 Å².